The summed E-state index contributed by atoms with van der Waals surface area (Å²) < 4.78 is 30.8. The van der Waals surface area contributed by atoms with Crippen molar-refractivity contribution >= 4 is 28.7 Å². The van der Waals surface area contributed by atoms with Gasteiger partial charge in [-0.05, 0) is 48.6 Å². The van der Waals surface area contributed by atoms with Gasteiger partial charge in [0.2, 0.25) is 0 Å². The van der Waals surface area contributed by atoms with Gasteiger partial charge < -0.3 is 10.4 Å². The van der Waals surface area contributed by atoms with E-state index >= 15 is 0 Å². The van der Waals surface area contributed by atoms with Crippen molar-refractivity contribution in [2.24, 2.45) is 5.92 Å². The fraction of sp³-hybridized carbons (Fsp3) is 0.312. The highest BCUT2D eigenvalue weighted by atomic mass is 32.2. The first-order valence-electron chi connectivity index (χ1n) is 14.4. The molecule has 7 rings (SSSR count). The molecule has 0 unspecified atom stereocenters. The third kappa shape index (κ3) is 5.19. The van der Waals surface area contributed by atoms with Crippen LogP contribution >= 0.6 is 11.8 Å². The summed E-state index contributed by atoms with van der Waals surface area (Å²) in [4.78, 5) is 18.6. The van der Waals surface area contributed by atoms with Crippen LogP contribution in [0.4, 0.5) is 14.6 Å². The van der Waals surface area contributed by atoms with E-state index in [1.54, 1.807) is 42.2 Å². The van der Waals surface area contributed by atoms with Crippen LogP contribution in [-0.4, -0.2) is 41.9 Å². The predicted molar refractivity (Wildman–Crippen MR) is 161 cm³/mol. The lowest BCUT2D eigenvalue weighted by molar-refractivity contribution is 0.395. The molecule has 7 nitrogen and oxygen atoms in total. The molecule has 1 aliphatic heterocycles. The Hall–Kier alpha value is -4.05. The summed E-state index contributed by atoms with van der Waals surface area (Å²) in [5.41, 5.74) is 3.68. The SMILES string of the molecule is Oc1ccc(CCNc2nc(-c3cncc(F)c3)nc3c2nc2n3[C@@H](CC3CCCC3)CS2)cc1-c1ccccc1F. The summed E-state index contributed by atoms with van der Waals surface area (Å²) in [7, 11) is 0. The zero-order valence-corrected chi connectivity index (χ0v) is 23.7. The van der Waals surface area contributed by atoms with Gasteiger partial charge in [-0.3, -0.25) is 9.55 Å². The van der Waals surface area contributed by atoms with Crippen LogP contribution in [0, 0.1) is 17.6 Å². The number of phenolic OH excluding ortho intramolecular Hbond substituents is 1. The second kappa shape index (κ2) is 11.3. The molecule has 1 fully saturated rings. The number of nitrogens with zero attached hydrogens (tertiary/aromatic N) is 5. The van der Waals surface area contributed by atoms with Crippen LogP contribution in [0.25, 0.3) is 33.7 Å². The molecule has 2 N–H and O–H groups in total. The van der Waals surface area contributed by atoms with E-state index in [0.29, 0.717) is 52.9 Å². The van der Waals surface area contributed by atoms with Gasteiger partial charge in [0.15, 0.2) is 28.0 Å². The summed E-state index contributed by atoms with van der Waals surface area (Å²) in [6, 6.07) is 13.4. The van der Waals surface area contributed by atoms with Crippen molar-refractivity contribution < 1.29 is 13.9 Å². The maximum atomic E-state index is 14.4. The summed E-state index contributed by atoms with van der Waals surface area (Å²) in [5.74, 6) is 1.87. The Balaban J connectivity index is 1.20. The average molecular weight is 585 g/mol. The van der Waals surface area contributed by atoms with Crippen LogP contribution in [0.3, 0.4) is 0 Å². The summed E-state index contributed by atoms with van der Waals surface area (Å²) in [5, 5.41) is 14.8. The Bertz CT molecular complexity index is 1770. The molecule has 1 saturated carbocycles. The number of hydrogen-bond donors (Lipinski definition) is 2. The zero-order valence-electron chi connectivity index (χ0n) is 22.9. The Labute approximate surface area is 246 Å². The fourth-order valence-corrected chi connectivity index (χ4v) is 7.34. The fourth-order valence-electron chi connectivity index (χ4n) is 6.18. The monoisotopic (exact) mass is 584 g/mol. The maximum absolute atomic E-state index is 14.4. The Kier molecular flexibility index (Phi) is 7.23. The van der Waals surface area contributed by atoms with Gasteiger partial charge in [0, 0.05) is 41.2 Å². The molecule has 5 aromatic rings. The van der Waals surface area contributed by atoms with Crippen LogP contribution in [0.5, 0.6) is 5.75 Å². The number of aromatic hydroxyl groups is 1. The number of halogens is 2. The van der Waals surface area contributed by atoms with E-state index in [1.807, 2.05) is 12.1 Å². The molecule has 0 spiro atoms. The molecule has 4 heterocycles. The first-order chi connectivity index (χ1) is 20.5. The summed E-state index contributed by atoms with van der Waals surface area (Å²) in [6.45, 7) is 0.509. The quantitative estimate of drug-likeness (QED) is 0.196. The number of aromatic nitrogens is 5. The minimum Gasteiger partial charge on any atom is -0.507 e. The van der Waals surface area contributed by atoms with E-state index in [-0.39, 0.29) is 11.6 Å². The number of imidazole rings is 1. The zero-order chi connectivity index (χ0) is 28.6. The number of pyridine rings is 1. The average Bonchev–Trinajstić information content (AvgIpc) is 3.73. The van der Waals surface area contributed by atoms with E-state index in [2.05, 4.69) is 14.9 Å². The number of nitrogens with one attached hydrogen (secondary N) is 1. The van der Waals surface area contributed by atoms with Gasteiger partial charge in [-0.25, -0.2) is 23.7 Å². The summed E-state index contributed by atoms with van der Waals surface area (Å²) >= 11 is 1.75. The number of thioether (sulfide) groups is 1. The van der Waals surface area contributed by atoms with Gasteiger partial charge in [-0.15, -0.1) is 0 Å². The highest BCUT2D eigenvalue weighted by Gasteiger charge is 2.32. The number of benzene rings is 2. The van der Waals surface area contributed by atoms with E-state index in [4.69, 9.17) is 15.0 Å². The molecule has 1 aliphatic carbocycles. The highest BCUT2D eigenvalue weighted by Crippen LogP contribution is 2.43. The van der Waals surface area contributed by atoms with E-state index in [0.717, 1.165) is 34.5 Å². The topological polar surface area (TPSA) is 88.8 Å². The van der Waals surface area contributed by atoms with Crippen LogP contribution in [0.2, 0.25) is 0 Å². The molecule has 2 aromatic carbocycles. The number of anilines is 1. The Morgan fingerprint density at radius 2 is 1.83 bits per heavy atom. The highest BCUT2D eigenvalue weighted by molar-refractivity contribution is 7.99. The number of phenols is 1. The number of fused-ring (bicyclic) bond motifs is 3. The van der Waals surface area contributed by atoms with Crippen molar-refractivity contribution in [2.75, 3.05) is 17.6 Å². The van der Waals surface area contributed by atoms with Gasteiger partial charge in [-0.2, -0.15) is 0 Å². The molecule has 42 heavy (non-hydrogen) atoms. The Morgan fingerprint density at radius 1 is 0.976 bits per heavy atom. The molecular weight excluding hydrogens is 554 g/mol. The lowest BCUT2D eigenvalue weighted by atomic mass is 9.99. The van der Waals surface area contributed by atoms with Crippen LogP contribution in [-0.2, 0) is 6.42 Å². The largest absolute Gasteiger partial charge is 0.507 e. The first-order valence-corrected chi connectivity index (χ1v) is 15.4. The number of hydrogen-bond acceptors (Lipinski definition) is 7. The minimum absolute atomic E-state index is 0.0276. The minimum atomic E-state index is -0.447. The summed E-state index contributed by atoms with van der Waals surface area (Å²) in [6.07, 6.45) is 9.61. The van der Waals surface area contributed by atoms with E-state index in [9.17, 15) is 13.9 Å². The maximum Gasteiger partial charge on any atom is 0.170 e. The van der Waals surface area contributed by atoms with Crippen molar-refractivity contribution in [1.29, 1.82) is 0 Å². The van der Waals surface area contributed by atoms with E-state index in [1.165, 1.54) is 44.0 Å². The molecular formula is C32H30F2N6OS. The lowest BCUT2D eigenvalue weighted by Gasteiger charge is -2.18. The van der Waals surface area contributed by atoms with Gasteiger partial charge in [0.1, 0.15) is 17.4 Å². The molecule has 0 bridgehead atoms. The third-order valence-corrected chi connectivity index (χ3v) is 9.35. The molecule has 2 aliphatic rings. The smallest absolute Gasteiger partial charge is 0.170 e. The van der Waals surface area contributed by atoms with E-state index < -0.39 is 5.82 Å². The van der Waals surface area contributed by atoms with Crippen molar-refractivity contribution in [3.63, 3.8) is 0 Å². The second-order valence-corrected chi connectivity index (χ2v) is 12.1. The molecule has 0 saturated heterocycles. The lowest BCUT2D eigenvalue weighted by Crippen LogP contribution is -2.13. The molecule has 214 valence electrons. The van der Waals surface area contributed by atoms with Crippen LogP contribution in [0.1, 0.15) is 43.7 Å². The number of rotatable bonds is 8. The van der Waals surface area contributed by atoms with Gasteiger partial charge in [0.25, 0.3) is 0 Å². The van der Waals surface area contributed by atoms with Crippen LogP contribution in [0.15, 0.2) is 66.1 Å². The second-order valence-electron chi connectivity index (χ2n) is 11.1. The Morgan fingerprint density at radius 3 is 2.67 bits per heavy atom. The van der Waals surface area contributed by atoms with Gasteiger partial charge in [-0.1, -0.05) is 61.7 Å². The van der Waals surface area contributed by atoms with Gasteiger partial charge in [0.05, 0.1) is 6.20 Å². The van der Waals surface area contributed by atoms with Crippen molar-refractivity contribution in [3.05, 3.63) is 78.1 Å². The molecule has 10 heteroatoms. The van der Waals surface area contributed by atoms with Crippen molar-refractivity contribution in [3.8, 4) is 28.3 Å². The normalized spacial score (nSPS) is 16.8. The predicted octanol–water partition coefficient (Wildman–Crippen LogP) is 7.42. The molecule has 0 radical (unpaired) electrons. The first kappa shape index (κ1) is 26.8. The molecule has 0 amide bonds. The molecule has 1 atom stereocenters. The third-order valence-electron chi connectivity index (χ3n) is 8.25. The van der Waals surface area contributed by atoms with Crippen LogP contribution < -0.4 is 5.32 Å². The van der Waals surface area contributed by atoms with Crippen molar-refractivity contribution in [1.82, 2.24) is 24.5 Å². The van der Waals surface area contributed by atoms with Gasteiger partial charge >= 0.3 is 0 Å². The molecule has 3 aromatic heterocycles. The van der Waals surface area contributed by atoms with Crippen molar-refractivity contribution in [2.45, 2.75) is 49.7 Å². The standard InChI is InChI=1S/C32H30F2N6OS/c33-22-15-21(16-35-17-22)29-38-30(28-31(39-29)40-23(18-42-32(40)37-28)13-19-5-1-2-6-19)36-12-11-20-9-10-27(41)25(14-20)24-7-3-4-8-26(24)34/h3-4,7-10,14-17,19,23,41H,1-2,5-6,11-13,18H2,(H,36,38,39)/t23-/m0/s1.